The summed E-state index contributed by atoms with van der Waals surface area (Å²) in [6, 6.07) is 10.9. The maximum absolute atomic E-state index is 12.8. The SMILES string of the molecule is O=C1C[C@@H]([NH+]2CCN(c3ccccc3O)CC2)C(=O)N1Cc1cccs1. The van der Waals surface area contributed by atoms with E-state index in [0.29, 0.717) is 13.0 Å². The number of imide groups is 1. The lowest BCUT2D eigenvalue weighted by Crippen LogP contribution is -3.19. The van der Waals surface area contributed by atoms with E-state index in [9.17, 15) is 14.7 Å². The van der Waals surface area contributed by atoms with Crippen molar-refractivity contribution in [3.8, 4) is 5.75 Å². The Morgan fingerprint density at radius 2 is 1.88 bits per heavy atom. The van der Waals surface area contributed by atoms with Crippen LogP contribution in [0.2, 0.25) is 0 Å². The number of quaternary nitrogens is 1. The molecule has 2 aromatic rings. The Morgan fingerprint density at radius 1 is 1.12 bits per heavy atom. The first-order valence-corrected chi connectivity index (χ1v) is 9.75. The zero-order valence-corrected chi connectivity index (χ0v) is 15.2. The van der Waals surface area contributed by atoms with Gasteiger partial charge in [0.15, 0.2) is 6.04 Å². The molecule has 2 aliphatic heterocycles. The number of aromatic hydroxyl groups is 1. The fourth-order valence-corrected chi connectivity index (χ4v) is 4.53. The maximum Gasteiger partial charge on any atom is 0.288 e. The minimum Gasteiger partial charge on any atom is -0.506 e. The van der Waals surface area contributed by atoms with Crippen molar-refractivity contribution in [2.45, 2.75) is 19.0 Å². The van der Waals surface area contributed by atoms with Gasteiger partial charge in [0.25, 0.3) is 5.91 Å². The molecule has 1 atom stereocenters. The lowest BCUT2D eigenvalue weighted by molar-refractivity contribution is -0.915. The third-order valence-electron chi connectivity index (χ3n) is 5.26. The van der Waals surface area contributed by atoms with Gasteiger partial charge in [0.1, 0.15) is 5.75 Å². The van der Waals surface area contributed by atoms with E-state index in [0.717, 1.165) is 36.7 Å². The number of carbonyl (C=O) groups is 2. The first-order valence-electron chi connectivity index (χ1n) is 8.87. The van der Waals surface area contributed by atoms with Crippen LogP contribution in [-0.2, 0) is 16.1 Å². The average molecular weight is 372 g/mol. The molecule has 2 amide bonds. The summed E-state index contributed by atoms with van der Waals surface area (Å²) in [5.41, 5.74) is 0.833. The highest BCUT2D eigenvalue weighted by Crippen LogP contribution is 2.26. The molecule has 1 aromatic carbocycles. The molecule has 6 nitrogen and oxygen atoms in total. The van der Waals surface area contributed by atoms with Crippen LogP contribution in [0.5, 0.6) is 5.75 Å². The number of rotatable bonds is 4. The molecule has 26 heavy (non-hydrogen) atoms. The molecular formula is C19H22N3O3S+. The number of likely N-dealkylation sites (tertiary alicyclic amines) is 1. The molecule has 0 aliphatic carbocycles. The molecule has 2 saturated heterocycles. The van der Waals surface area contributed by atoms with Crippen molar-refractivity contribution in [2.24, 2.45) is 0 Å². The van der Waals surface area contributed by atoms with Crippen LogP contribution in [0.15, 0.2) is 41.8 Å². The Balaban J connectivity index is 1.39. The number of nitrogens with zero attached hydrogens (tertiary/aromatic N) is 2. The summed E-state index contributed by atoms with van der Waals surface area (Å²) < 4.78 is 0. The van der Waals surface area contributed by atoms with Gasteiger partial charge in [0.2, 0.25) is 5.91 Å². The Bertz CT molecular complexity index is 800. The van der Waals surface area contributed by atoms with E-state index >= 15 is 0 Å². The molecule has 7 heteroatoms. The smallest absolute Gasteiger partial charge is 0.288 e. The van der Waals surface area contributed by atoms with Crippen molar-refractivity contribution in [3.05, 3.63) is 46.7 Å². The van der Waals surface area contributed by atoms with E-state index in [1.165, 1.54) is 9.80 Å². The Morgan fingerprint density at radius 3 is 2.58 bits per heavy atom. The van der Waals surface area contributed by atoms with Crippen molar-refractivity contribution >= 4 is 28.8 Å². The number of nitrogens with one attached hydrogen (secondary N) is 1. The number of phenolic OH excluding ortho intramolecular Hbond substituents is 1. The van der Waals surface area contributed by atoms with Crippen LogP contribution in [0.1, 0.15) is 11.3 Å². The minimum absolute atomic E-state index is 0.0468. The van der Waals surface area contributed by atoms with Crippen LogP contribution in [0.4, 0.5) is 5.69 Å². The minimum atomic E-state index is -0.269. The van der Waals surface area contributed by atoms with Gasteiger partial charge in [-0.25, -0.2) is 0 Å². The number of phenols is 1. The highest BCUT2D eigenvalue weighted by molar-refractivity contribution is 7.09. The molecule has 0 spiro atoms. The van der Waals surface area contributed by atoms with Crippen molar-refractivity contribution in [1.29, 1.82) is 0 Å². The third-order valence-corrected chi connectivity index (χ3v) is 6.12. The topological polar surface area (TPSA) is 65.3 Å². The van der Waals surface area contributed by atoms with Crippen molar-refractivity contribution in [3.63, 3.8) is 0 Å². The molecule has 3 heterocycles. The second kappa shape index (κ2) is 7.09. The number of piperazine rings is 1. The molecule has 2 N–H and O–H groups in total. The predicted octanol–water partition coefficient (Wildman–Crippen LogP) is 0.486. The second-order valence-corrected chi connectivity index (χ2v) is 7.82. The largest absolute Gasteiger partial charge is 0.506 e. The first-order chi connectivity index (χ1) is 12.6. The van der Waals surface area contributed by atoms with Gasteiger partial charge in [0.05, 0.1) is 44.8 Å². The molecule has 136 valence electrons. The zero-order chi connectivity index (χ0) is 18.1. The summed E-state index contributed by atoms with van der Waals surface area (Å²) >= 11 is 1.57. The van der Waals surface area contributed by atoms with Crippen LogP contribution >= 0.6 is 11.3 Å². The summed E-state index contributed by atoms with van der Waals surface area (Å²) in [6.45, 7) is 3.48. The van der Waals surface area contributed by atoms with Crippen molar-refractivity contribution < 1.29 is 19.6 Å². The van der Waals surface area contributed by atoms with Gasteiger partial charge in [-0.15, -0.1) is 11.3 Å². The van der Waals surface area contributed by atoms with E-state index in [4.69, 9.17) is 0 Å². The van der Waals surface area contributed by atoms with E-state index in [2.05, 4.69) is 4.90 Å². The lowest BCUT2D eigenvalue weighted by atomic mass is 10.1. The van der Waals surface area contributed by atoms with Gasteiger partial charge >= 0.3 is 0 Å². The summed E-state index contributed by atoms with van der Waals surface area (Å²) in [4.78, 5) is 30.9. The van der Waals surface area contributed by atoms with Crippen LogP contribution in [0, 0.1) is 0 Å². The number of benzene rings is 1. The Labute approximate surface area is 156 Å². The molecule has 2 aliphatic rings. The normalized spacial score (nSPS) is 21.6. The average Bonchev–Trinajstić information content (AvgIpc) is 3.26. The number of hydrogen-bond acceptors (Lipinski definition) is 5. The molecule has 1 aromatic heterocycles. The second-order valence-electron chi connectivity index (χ2n) is 6.79. The van der Waals surface area contributed by atoms with Crippen molar-refractivity contribution in [2.75, 3.05) is 31.1 Å². The number of hydrogen-bond donors (Lipinski definition) is 2. The monoisotopic (exact) mass is 372 g/mol. The van der Waals surface area contributed by atoms with Crippen LogP contribution in [0.25, 0.3) is 0 Å². The quantitative estimate of drug-likeness (QED) is 0.767. The molecule has 2 fully saturated rings. The standard InChI is InChI=1S/C19H21N3O3S/c23-17-6-2-1-5-15(17)20-7-9-21(10-8-20)16-12-18(24)22(19(16)25)13-14-4-3-11-26-14/h1-6,11,16,23H,7-10,12-13H2/p+1/t16-/m1/s1. The van der Waals surface area contributed by atoms with Crippen LogP contribution < -0.4 is 9.80 Å². The predicted molar refractivity (Wildman–Crippen MR) is 99.3 cm³/mol. The van der Waals surface area contributed by atoms with Crippen LogP contribution in [0.3, 0.4) is 0 Å². The molecular weight excluding hydrogens is 350 g/mol. The summed E-state index contributed by atoms with van der Waals surface area (Å²) in [5, 5.41) is 12.0. The fourth-order valence-electron chi connectivity index (χ4n) is 3.84. The number of carbonyl (C=O) groups excluding carboxylic acids is 2. The fraction of sp³-hybridized carbons (Fsp3) is 0.368. The molecule has 0 saturated carbocycles. The molecule has 4 rings (SSSR count). The Kier molecular flexibility index (Phi) is 4.65. The first kappa shape index (κ1) is 17.1. The zero-order valence-electron chi connectivity index (χ0n) is 14.4. The van der Waals surface area contributed by atoms with Crippen molar-refractivity contribution in [1.82, 2.24) is 4.90 Å². The number of thiophene rings is 1. The van der Waals surface area contributed by atoms with Gasteiger partial charge in [-0.1, -0.05) is 18.2 Å². The number of anilines is 1. The van der Waals surface area contributed by atoms with Gasteiger partial charge in [-0.05, 0) is 23.6 Å². The van der Waals surface area contributed by atoms with Gasteiger partial charge < -0.3 is 14.9 Å². The molecule has 0 radical (unpaired) electrons. The Hall–Kier alpha value is -2.38. The maximum atomic E-state index is 12.8. The molecule has 0 unspecified atom stereocenters. The van der Waals surface area contributed by atoms with Gasteiger partial charge in [-0.2, -0.15) is 0 Å². The van der Waals surface area contributed by atoms with E-state index in [1.54, 1.807) is 17.4 Å². The summed E-state index contributed by atoms with van der Waals surface area (Å²) in [7, 11) is 0. The molecule has 0 bridgehead atoms. The highest BCUT2D eigenvalue weighted by atomic mass is 32.1. The lowest BCUT2D eigenvalue weighted by Gasteiger charge is -2.35. The summed E-state index contributed by atoms with van der Waals surface area (Å²) in [6.07, 6.45) is 0.302. The number of para-hydroxylation sites is 2. The summed E-state index contributed by atoms with van der Waals surface area (Å²) in [5.74, 6) is 0.170. The van der Waals surface area contributed by atoms with Gasteiger partial charge in [-0.3, -0.25) is 14.5 Å². The van der Waals surface area contributed by atoms with Crippen LogP contribution in [-0.4, -0.2) is 54.0 Å². The van der Waals surface area contributed by atoms with E-state index in [-0.39, 0.29) is 23.6 Å². The highest BCUT2D eigenvalue weighted by Gasteiger charge is 2.45. The van der Waals surface area contributed by atoms with E-state index < -0.39 is 0 Å². The van der Waals surface area contributed by atoms with Gasteiger partial charge in [0, 0.05) is 4.88 Å². The third kappa shape index (κ3) is 3.20. The van der Waals surface area contributed by atoms with E-state index in [1.807, 2.05) is 35.7 Å². The number of amides is 2.